The first-order valence-electron chi connectivity index (χ1n) is 21.9. The Morgan fingerprint density at radius 1 is 0.203 bits per heavy atom. The summed E-state index contributed by atoms with van der Waals surface area (Å²) in [6, 6.07) is 87.4. The molecular weight excluding hydrogens is 773 g/mol. The monoisotopic (exact) mass is 812 g/mol. The molecular formula is C62H40N2. The van der Waals surface area contributed by atoms with Crippen molar-refractivity contribution in [3.63, 3.8) is 0 Å². The maximum absolute atomic E-state index is 5.38. The minimum atomic E-state index is 0.682. The first-order chi connectivity index (χ1) is 31.7. The third-order valence-corrected chi connectivity index (χ3v) is 12.7. The number of hydrogen-bond acceptors (Lipinski definition) is 2. The zero-order valence-electron chi connectivity index (χ0n) is 35.0. The van der Waals surface area contributed by atoms with E-state index in [1.807, 2.05) is 0 Å². The Kier molecular flexibility index (Phi) is 9.20. The van der Waals surface area contributed by atoms with Crippen LogP contribution in [0.5, 0.6) is 0 Å². The Labute approximate surface area is 371 Å². The summed E-state index contributed by atoms with van der Waals surface area (Å²) in [5.74, 6) is 0.682. The van der Waals surface area contributed by atoms with Crippen LogP contribution in [-0.2, 0) is 0 Å². The molecule has 0 N–H and O–H groups in total. The Hall–Kier alpha value is -8.46. The van der Waals surface area contributed by atoms with Gasteiger partial charge in [-0.3, -0.25) is 0 Å². The summed E-state index contributed by atoms with van der Waals surface area (Å²) in [4.78, 5) is 10.7. The number of hydrogen-bond donors (Lipinski definition) is 0. The molecule has 0 atom stereocenters. The van der Waals surface area contributed by atoms with E-state index in [4.69, 9.17) is 9.97 Å². The maximum Gasteiger partial charge on any atom is 0.160 e. The molecule has 0 unspecified atom stereocenters. The average Bonchev–Trinajstić information content (AvgIpc) is 3.38. The summed E-state index contributed by atoms with van der Waals surface area (Å²) < 4.78 is 0. The van der Waals surface area contributed by atoms with E-state index in [1.165, 1.54) is 75.9 Å². The van der Waals surface area contributed by atoms with E-state index in [2.05, 4.69) is 243 Å². The van der Waals surface area contributed by atoms with Crippen molar-refractivity contribution in [2.24, 2.45) is 0 Å². The lowest BCUT2D eigenvalue weighted by molar-refractivity contribution is 1.18. The van der Waals surface area contributed by atoms with Crippen LogP contribution < -0.4 is 0 Å². The van der Waals surface area contributed by atoms with E-state index < -0.39 is 0 Å². The predicted molar refractivity (Wildman–Crippen MR) is 272 cm³/mol. The second-order valence-corrected chi connectivity index (χ2v) is 16.5. The zero-order valence-corrected chi connectivity index (χ0v) is 35.0. The van der Waals surface area contributed by atoms with Crippen LogP contribution in [0.25, 0.3) is 121 Å². The molecule has 0 spiro atoms. The topological polar surface area (TPSA) is 25.8 Å². The highest BCUT2D eigenvalue weighted by molar-refractivity contribution is 6.26. The predicted octanol–water partition coefficient (Wildman–Crippen LogP) is 16.9. The Morgan fingerprint density at radius 2 is 0.578 bits per heavy atom. The van der Waals surface area contributed by atoms with Gasteiger partial charge in [-0.25, -0.2) is 9.97 Å². The molecule has 0 aliphatic heterocycles. The van der Waals surface area contributed by atoms with Crippen molar-refractivity contribution in [1.82, 2.24) is 9.97 Å². The lowest BCUT2D eigenvalue weighted by atomic mass is 9.93. The molecule has 0 saturated carbocycles. The standard InChI is InChI=1S/C62H40N2/c1-2-15-41(16-3-1)42-29-35-46(36-30-42)62-63-60(45-33-31-44(32-34-45)49-28-14-18-43-17-4-5-19-48(43)49)40-61(64-62)47-37-38-58-56-26-11-10-24-54(56)52-22-7-6-20-50(52)51-21-8-9-23-53(51)55-25-12-13-27-57(55)59(58)39-47/h1-40H. The molecule has 1 aromatic heterocycles. The van der Waals surface area contributed by atoms with Crippen molar-refractivity contribution in [1.29, 1.82) is 0 Å². The molecule has 298 valence electrons. The normalized spacial score (nSPS) is 11.4. The molecule has 64 heavy (non-hydrogen) atoms. The van der Waals surface area contributed by atoms with Crippen LogP contribution in [0.1, 0.15) is 0 Å². The highest BCUT2D eigenvalue weighted by Crippen LogP contribution is 2.39. The van der Waals surface area contributed by atoms with Gasteiger partial charge in [0.05, 0.1) is 11.4 Å². The van der Waals surface area contributed by atoms with Crippen molar-refractivity contribution in [2.45, 2.75) is 0 Å². The fourth-order valence-corrected chi connectivity index (χ4v) is 9.58. The highest BCUT2D eigenvalue weighted by Gasteiger charge is 2.15. The van der Waals surface area contributed by atoms with Gasteiger partial charge in [0.1, 0.15) is 0 Å². The smallest absolute Gasteiger partial charge is 0.160 e. The summed E-state index contributed by atoms with van der Waals surface area (Å²) in [5.41, 5.74) is 9.46. The maximum atomic E-state index is 5.38. The number of benzene rings is 10. The Morgan fingerprint density at radius 3 is 1.14 bits per heavy atom. The van der Waals surface area contributed by atoms with E-state index in [9.17, 15) is 0 Å². The molecule has 2 nitrogen and oxygen atoms in total. The first kappa shape index (κ1) is 37.3. The quantitative estimate of drug-likeness (QED) is 0.173. The Bertz CT molecular complexity index is 3730. The van der Waals surface area contributed by atoms with Crippen molar-refractivity contribution in [3.8, 4) is 56.2 Å². The van der Waals surface area contributed by atoms with E-state index in [0.717, 1.165) is 39.0 Å². The molecule has 12 aromatic rings. The summed E-state index contributed by atoms with van der Waals surface area (Å²) in [6.45, 7) is 0. The number of rotatable bonds is 5. The van der Waals surface area contributed by atoms with Crippen LogP contribution in [0.4, 0.5) is 0 Å². The number of fused-ring (bicyclic) bond motifs is 11. The fraction of sp³-hybridized carbons (Fsp3) is 0. The molecule has 0 fully saturated rings. The Balaban J connectivity index is 1.10. The van der Waals surface area contributed by atoms with Gasteiger partial charge in [-0.05, 0) is 99.0 Å². The zero-order chi connectivity index (χ0) is 42.4. The van der Waals surface area contributed by atoms with Gasteiger partial charge >= 0.3 is 0 Å². The van der Waals surface area contributed by atoms with Crippen molar-refractivity contribution in [3.05, 3.63) is 243 Å². The van der Waals surface area contributed by atoms with Crippen LogP contribution in [0.2, 0.25) is 0 Å². The summed E-state index contributed by atoms with van der Waals surface area (Å²) >= 11 is 0. The van der Waals surface area contributed by atoms with Gasteiger partial charge in [-0.2, -0.15) is 0 Å². The largest absolute Gasteiger partial charge is 0.228 e. The van der Waals surface area contributed by atoms with Crippen molar-refractivity contribution < 1.29 is 0 Å². The number of nitrogens with zero attached hydrogens (tertiary/aromatic N) is 2. The van der Waals surface area contributed by atoms with Crippen LogP contribution in [0.3, 0.4) is 0 Å². The lowest BCUT2D eigenvalue weighted by Crippen LogP contribution is -1.96. The molecule has 0 aliphatic carbocycles. The molecule has 0 saturated heterocycles. The van der Waals surface area contributed by atoms with Crippen LogP contribution in [0, 0.1) is 0 Å². The SMILES string of the molecule is c1ccc(-c2ccc(-c3nc(-c4ccc(-c5cccc6ccccc56)cc4)cc(-c4ccc5c6ccccc6c6ccccc6c6ccccc6c6ccccc6c5c4)n3)cc2)cc1. The molecule has 0 amide bonds. The highest BCUT2D eigenvalue weighted by atomic mass is 14.9. The van der Waals surface area contributed by atoms with Gasteiger partial charge in [-0.1, -0.05) is 231 Å². The van der Waals surface area contributed by atoms with Crippen LogP contribution in [-0.4, -0.2) is 9.97 Å². The molecule has 2 heteroatoms. The number of aromatic nitrogens is 2. The molecule has 11 aromatic carbocycles. The van der Waals surface area contributed by atoms with Crippen LogP contribution in [0.15, 0.2) is 243 Å². The minimum Gasteiger partial charge on any atom is -0.228 e. The van der Waals surface area contributed by atoms with Crippen molar-refractivity contribution in [2.75, 3.05) is 0 Å². The van der Waals surface area contributed by atoms with Gasteiger partial charge in [0, 0.05) is 16.7 Å². The first-order valence-corrected chi connectivity index (χ1v) is 21.9. The summed E-state index contributed by atoms with van der Waals surface area (Å²) in [5, 5.41) is 14.4. The van der Waals surface area contributed by atoms with Gasteiger partial charge < -0.3 is 0 Å². The summed E-state index contributed by atoms with van der Waals surface area (Å²) in [6.07, 6.45) is 0. The van der Waals surface area contributed by atoms with Crippen molar-refractivity contribution >= 4 is 64.6 Å². The van der Waals surface area contributed by atoms with Gasteiger partial charge in [0.2, 0.25) is 0 Å². The van der Waals surface area contributed by atoms with E-state index >= 15 is 0 Å². The molecule has 0 radical (unpaired) electrons. The minimum absolute atomic E-state index is 0.682. The molecule has 0 bridgehead atoms. The summed E-state index contributed by atoms with van der Waals surface area (Å²) in [7, 11) is 0. The average molecular weight is 813 g/mol. The van der Waals surface area contributed by atoms with Gasteiger partial charge in [0.15, 0.2) is 5.82 Å². The van der Waals surface area contributed by atoms with Crippen LogP contribution >= 0.6 is 0 Å². The van der Waals surface area contributed by atoms with E-state index in [-0.39, 0.29) is 0 Å². The van der Waals surface area contributed by atoms with Gasteiger partial charge in [-0.15, -0.1) is 0 Å². The fourth-order valence-electron chi connectivity index (χ4n) is 9.58. The van der Waals surface area contributed by atoms with E-state index in [0.29, 0.717) is 5.82 Å². The molecule has 0 aliphatic rings. The second-order valence-electron chi connectivity index (χ2n) is 16.5. The van der Waals surface area contributed by atoms with Gasteiger partial charge in [0.25, 0.3) is 0 Å². The van der Waals surface area contributed by atoms with E-state index in [1.54, 1.807) is 0 Å². The molecule has 12 rings (SSSR count). The third-order valence-electron chi connectivity index (χ3n) is 12.7. The molecule has 1 heterocycles. The lowest BCUT2D eigenvalue weighted by Gasteiger charge is -2.13. The second kappa shape index (κ2) is 15.8. The third kappa shape index (κ3) is 6.61.